The van der Waals surface area contributed by atoms with Gasteiger partial charge in [0.05, 0.1) is 6.61 Å². The Balaban J connectivity index is 2.38. The third-order valence-electron chi connectivity index (χ3n) is 1.91. The second-order valence-electron chi connectivity index (χ2n) is 2.59. The molecule has 0 spiro atoms. The fourth-order valence-corrected chi connectivity index (χ4v) is 1.32. The van der Waals surface area contributed by atoms with Crippen LogP contribution in [0.3, 0.4) is 0 Å². The first kappa shape index (κ1) is 6.79. The summed E-state index contributed by atoms with van der Waals surface area (Å²) in [5.74, 6) is 2.04. The second-order valence-corrected chi connectivity index (χ2v) is 2.59. The molecule has 0 N–H and O–H groups in total. The van der Waals surface area contributed by atoms with Gasteiger partial charge in [-0.25, -0.2) is 0 Å². The van der Waals surface area contributed by atoms with Gasteiger partial charge >= 0.3 is 0 Å². The SMILES string of the molecule is CCc1nnc2n1CCOC2. The van der Waals surface area contributed by atoms with Gasteiger partial charge in [0.15, 0.2) is 5.82 Å². The molecule has 4 nitrogen and oxygen atoms in total. The van der Waals surface area contributed by atoms with E-state index < -0.39 is 0 Å². The minimum atomic E-state index is 0.618. The van der Waals surface area contributed by atoms with E-state index in [2.05, 4.69) is 21.7 Å². The Morgan fingerprint density at radius 1 is 1.55 bits per heavy atom. The lowest BCUT2D eigenvalue weighted by molar-refractivity contribution is 0.0807. The summed E-state index contributed by atoms with van der Waals surface area (Å²) in [6.45, 7) is 4.41. The van der Waals surface area contributed by atoms with Gasteiger partial charge in [0, 0.05) is 13.0 Å². The summed E-state index contributed by atoms with van der Waals surface area (Å²) in [5, 5.41) is 8.06. The maximum Gasteiger partial charge on any atom is 0.159 e. The van der Waals surface area contributed by atoms with Crippen molar-refractivity contribution in [2.75, 3.05) is 6.61 Å². The van der Waals surface area contributed by atoms with Crippen LogP contribution >= 0.6 is 0 Å². The number of aryl methyl sites for hydroxylation is 1. The molecule has 0 fully saturated rings. The molecule has 0 saturated heterocycles. The number of nitrogens with zero attached hydrogens (tertiary/aromatic N) is 3. The summed E-state index contributed by atoms with van der Waals surface area (Å²) in [7, 11) is 0. The zero-order valence-corrected chi connectivity index (χ0v) is 6.58. The van der Waals surface area contributed by atoms with Gasteiger partial charge in [0.2, 0.25) is 0 Å². The monoisotopic (exact) mass is 153 g/mol. The Bertz CT molecular complexity index is 243. The van der Waals surface area contributed by atoms with Crippen LogP contribution in [0.5, 0.6) is 0 Å². The van der Waals surface area contributed by atoms with Gasteiger partial charge in [-0.3, -0.25) is 0 Å². The Kier molecular flexibility index (Phi) is 1.62. The van der Waals surface area contributed by atoms with Crippen LogP contribution in [0.2, 0.25) is 0 Å². The van der Waals surface area contributed by atoms with Gasteiger partial charge < -0.3 is 9.30 Å². The predicted octanol–water partition coefficient (Wildman–Crippen LogP) is 0.371. The summed E-state index contributed by atoms with van der Waals surface area (Å²) in [4.78, 5) is 0. The lowest BCUT2D eigenvalue weighted by Gasteiger charge is -2.14. The van der Waals surface area contributed by atoms with Gasteiger partial charge in [-0.1, -0.05) is 6.92 Å². The van der Waals surface area contributed by atoms with E-state index in [1.165, 1.54) is 0 Å². The molecule has 0 aromatic carbocycles. The van der Waals surface area contributed by atoms with Crippen molar-refractivity contribution in [2.45, 2.75) is 26.5 Å². The van der Waals surface area contributed by atoms with E-state index in [1.807, 2.05) is 0 Å². The van der Waals surface area contributed by atoms with Crippen molar-refractivity contribution in [2.24, 2.45) is 0 Å². The smallest absolute Gasteiger partial charge is 0.159 e. The van der Waals surface area contributed by atoms with E-state index in [1.54, 1.807) is 0 Å². The fraction of sp³-hybridized carbons (Fsp3) is 0.714. The Morgan fingerprint density at radius 3 is 3.27 bits per heavy atom. The molecule has 4 heteroatoms. The average Bonchev–Trinajstić information content (AvgIpc) is 2.47. The van der Waals surface area contributed by atoms with Gasteiger partial charge in [0.1, 0.15) is 12.4 Å². The number of hydrogen-bond donors (Lipinski definition) is 0. The Morgan fingerprint density at radius 2 is 2.45 bits per heavy atom. The molecule has 1 aromatic rings. The third-order valence-corrected chi connectivity index (χ3v) is 1.91. The van der Waals surface area contributed by atoms with E-state index in [-0.39, 0.29) is 0 Å². The van der Waals surface area contributed by atoms with E-state index in [4.69, 9.17) is 4.74 Å². The molecular weight excluding hydrogens is 142 g/mol. The number of fused-ring (bicyclic) bond motifs is 1. The second kappa shape index (κ2) is 2.62. The number of ether oxygens (including phenoxy) is 1. The first-order chi connectivity index (χ1) is 5.42. The molecule has 2 rings (SSSR count). The van der Waals surface area contributed by atoms with Crippen LogP contribution in [0.4, 0.5) is 0 Å². The van der Waals surface area contributed by atoms with Crippen molar-refractivity contribution in [3.8, 4) is 0 Å². The highest BCUT2D eigenvalue weighted by atomic mass is 16.5. The van der Waals surface area contributed by atoms with E-state index in [9.17, 15) is 0 Å². The summed E-state index contributed by atoms with van der Waals surface area (Å²) < 4.78 is 7.37. The van der Waals surface area contributed by atoms with E-state index in [0.717, 1.165) is 31.2 Å². The molecule has 0 bridgehead atoms. The molecule has 1 aliphatic heterocycles. The molecule has 0 unspecified atom stereocenters. The van der Waals surface area contributed by atoms with Gasteiger partial charge in [-0.2, -0.15) is 0 Å². The van der Waals surface area contributed by atoms with Gasteiger partial charge in [-0.15, -0.1) is 10.2 Å². The Hall–Kier alpha value is -0.900. The largest absolute Gasteiger partial charge is 0.372 e. The molecule has 0 radical (unpaired) electrons. The minimum absolute atomic E-state index is 0.618. The predicted molar refractivity (Wildman–Crippen MR) is 39.1 cm³/mol. The first-order valence-electron chi connectivity index (χ1n) is 3.90. The van der Waals surface area contributed by atoms with E-state index >= 15 is 0 Å². The standard InChI is InChI=1S/C7H11N3O/c1-2-6-8-9-7-5-11-4-3-10(6)7/h2-5H2,1H3. The van der Waals surface area contributed by atoms with Crippen molar-refractivity contribution in [3.05, 3.63) is 11.6 Å². The van der Waals surface area contributed by atoms with Crippen LogP contribution in [-0.2, 0) is 24.3 Å². The minimum Gasteiger partial charge on any atom is -0.372 e. The summed E-state index contributed by atoms with van der Waals surface area (Å²) in [5.41, 5.74) is 0. The van der Waals surface area contributed by atoms with Crippen molar-refractivity contribution in [1.82, 2.24) is 14.8 Å². The maximum atomic E-state index is 5.23. The quantitative estimate of drug-likeness (QED) is 0.585. The van der Waals surface area contributed by atoms with Crippen molar-refractivity contribution < 1.29 is 4.74 Å². The zero-order chi connectivity index (χ0) is 7.68. The molecule has 1 aliphatic rings. The zero-order valence-electron chi connectivity index (χ0n) is 6.58. The van der Waals surface area contributed by atoms with Crippen molar-refractivity contribution in [1.29, 1.82) is 0 Å². The Labute approximate surface area is 65.2 Å². The highest BCUT2D eigenvalue weighted by molar-refractivity contribution is 4.96. The lowest BCUT2D eigenvalue weighted by atomic mass is 10.4. The normalized spacial score (nSPS) is 16.5. The number of rotatable bonds is 1. The molecule has 2 heterocycles. The van der Waals surface area contributed by atoms with E-state index in [0.29, 0.717) is 6.61 Å². The summed E-state index contributed by atoms with van der Waals surface area (Å²) in [6, 6.07) is 0. The molecule has 11 heavy (non-hydrogen) atoms. The lowest BCUT2D eigenvalue weighted by Crippen LogP contribution is -2.18. The molecule has 0 amide bonds. The van der Waals surface area contributed by atoms with Crippen molar-refractivity contribution in [3.63, 3.8) is 0 Å². The first-order valence-corrected chi connectivity index (χ1v) is 3.90. The molecule has 0 saturated carbocycles. The van der Waals surface area contributed by atoms with Gasteiger partial charge in [0.25, 0.3) is 0 Å². The molecule has 1 aromatic heterocycles. The topological polar surface area (TPSA) is 39.9 Å². The van der Waals surface area contributed by atoms with Crippen LogP contribution in [0, 0.1) is 0 Å². The van der Waals surface area contributed by atoms with Gasteiger partial charge in [-0.05, 0) is 0 Å². The number of hydrogen-bond acceptors (Lipinski definition) is 3. The number of aromatic nitrogens is 3. The van der Waals surface area contributed by atoms with Crippen LogP contribution in [0.25, 0.3) is 0 Å². The summed E-state index contributed by atoms with van der Waals surface area (Å²) >= 11 is 0. The molecule has 60 valence electrons. The highest BCUT2D eigenvalue weighted by Gasteiger charge is 2.13. The maximum absolute atomic E-state index is 5.23. The third kappa shape index (κ3) is 1.03. The summed E-state index contributed by atoms with van der Waals surface area (Å²) in [6.07, 6.45) is 0.951. The van der Waals surface area contributed by atoms with Crippen LogP contribution in [-0.4, -0.2) is 21.4 Å². The van der Waals surface area contributed by atoms with Crippen LogP contribution < -0.4 is 0 Å². The van der Waals surface area contributed by atoms with Crippen LogP contribution in [0.1, 0.15) is 18.6 Å². The average molecular weight is 153 g/mol. The molecule has 0 atom stereocenters. The molecular formula is C7H11N3O. The van der Waals surface area contributed by atoms with Crippen molar-refractivity contribution >= 4 is 0 Å². The highest BCUT2D eigenvalue weighted by Crippen LogP contribution is 2.08. The fourth-order valence-electron chi connectivity index (χ4n) is 1.32. The van der Waals surface area contributed by atoms with Crippen LogP contribution in [0.15, 0.2) is 0 Å². The molecule has 0 aliphatic carbocycles.